The molecule has 0 spiro atoms. The van der Waals surface area contributed by atoms with E-state index >= 15 is 0 Å². The Bertz CT molecular complexity index is 803. The van der Waals surface area contributed by atoms with Gasteiger partial charge in [0.2, 0.25) is 5.89 Å². The summed E-state index contributed by atoms with van der Waals surface area (Å²) >= 11 is 1.37. The van der Waals surface area contributed by atoms with Gasteiger partial charge in [0.25, 0.3) is 5.22 Å². The molecule has 3 rings (SSSR count). The topological polar surface area (TPSA) is 48.2 Å². The van der Waals surface area contributed by atoms with Gasteiger partial charge in [0, 0.05) is 11.3 Å². The van der Waals surface area contributed by atoms with Gasteiger partial charge >= 0.3 is 0 Å². The summed E-state index contributed by atoms with van der Waals surface area (Å²) in [5, 5.41) is 8.51. The lowest BCUT2D eigenvalue weighted by molar-refractivity contribution is 0.386. The van der Waals surface area contributed by atoms with Gasteiger partial charge in [-0.3, -0.25) is 0 Å². The number of benzene rings is 2. The third-order valence-corrected chi connectivity index (χ3v) is 4.17. The first-order chi connectivity index (χ1) is 11.2. The van der Waals surface area contributed by atoms with E-state index in [0.717, 1.165) is 11.1 Å². The number of thioether (sulfide) groups is 1. The molecule has 23 heavy (non-hydrogen) atoms. The fraction of sp³-hybridized carbons (Fsp3) is 0.176. The van der Waals surface area contributed by atoms with E-state index in [1.54, 1.807) is 6.07 Å². The van der Waals surface area contributed by atoms with Crippen molar-refractivity contribution in [2.75, 3.05) is 7.11 Å². The number of aryl methyl sites for hydroxylation is 1. The molecule has 0 aliphatic carbocycles. The molecule has 0 saturated carbocycles. The van der Waals surface area contributed by atoms with E-state index in [1.165, 1.54) is 30.5 Å². The van der Waals surface area contributed by atoms with Crippen LogP contribution in [0, 0.1) is 12.7 Å². The highest BCUT2D eigenvalue weighted by molar-refractivity contribution is 7.98. The van der Waals surface area contributed by atoms with E-state index in [9.17, 15) is 4.39 Å². The van der Waals surface area contributed by atoms with Crippen molar-refractivity contribution in [1.82, 2.24) is 10.2 Å². The highest BCUT2D eigenvalue weighted by Crippen LogP contribution is 2.27. The molecule has 0 fully saturated rings. The quantitative estimate of drug-likeness (QED) is 0.645. The molecule has 3 aromatic rings. The van der Waals surface area contributed by atoms with Crippen LogP contribution in [0.5, 0.6) is 5.75 Å². The van der Waals surface area contributed by atoms with Crippen LogP contribution < -0.4 is 4.74 Å². The smallest absolute Gasteiger partial charge is 0.277 e. The number of ether oxygens (including phenoxy) is 1. The van der Waals surface area contributed by atoms with Crippen molar-refractivity contribution in [2.45, 2.75) is 17.9 Å². The molecule has 1 aromatic heterocycles. The van der Waals surface area contributed by atoms with Gasteiger partial charge in [-0.15, -0.1) is 10.2 Å². The third-order valence-electron chi connectivity index (χ3n) is 3.28. The molecule has 0 bridgehead atoms. The minimum Gasteiger partial charge on any atom is -0.494 e. The molecular weight excluding hydrogens is 315 g/mol. The average molecular weight is 330 g/mol. The summed E-state index contributed by atoms with van der Waals surface area (Å²) in [6, 6.07) is 12.7. The van der Waals surface area contributed by atoms with Crippen LogP contribution in [0.3, 0.4) is 0 Å². The first-order valence-electron chi connectivity index (χ1n) is 7.01. The van der Waals surface area contributed by atoms with Crippen LogP contribution in [0.25, 0.3) is 11.5 Å². The molecule has 1 heterocycles. The van der Waals surface area contributed by atoms with Crippen LogP contribution in [0.2, 0.25) is 0 Å². The summed E-state index contributed by atoms with van der Waals surface area (Å²) in [5.41, 5.74) is 2.87. The number of methoxy groups -OCH3 is 1. The Labute approximate surface area is 137 Å². The predicted octanol–water partition coefficient (Wildman–Crippen LogP) is 4.49. The highest BCUT2D eigenvalue weighted by Gasteiger charge is 2.10. The maximum atomic E-state index is 13.6. The van der Waals surface area contributed by atoms with Crippen molar-refractivity contribution in [2.24, 2.45) is 0 Å². The van der Waals surface area contributed by atoms with Crippen molar-refractivity contribution < 1.29 is 13.5 Å². The molecule has 0 N–H and O–H groups in total. The molecule has 4 nitrogen and oxygen atoms in total. The summed E-state index contributed by atoms with van der Waals surface area (Å²) < 4.78 is 24.2. The lowest BCUT2D eigenvalue weighted by Crippen LogP contribution is -1.90. The predicted molar refractivity (Wildman–Crippen MR) is 87.0 cm³/mol. The lowest BCUT2D eigenvalue weighted by Gasteiger charge is -2.03. The van der Waals surface area contributed by atoms with Crippen LogP contribution in [0.4, 0.5) is 4.39 Å². The van der Waals surface area contributed by atoms with Gasteiger partial charge in [0.15, 0.2) is 11.6 Å². The Morgan fingerprint density at radius 2 is 1.91 bits per heavy atom. The van der Waals surface area contributed by atoms with Gasteiger partial charge in [-0.2, -0.15) is 0 Å². The number of aromatic nitrogens is 2. The van der Waals surface area contributed by atoms with E-state index in [-0.39, 0.29) is 11.6 Å². The lowest BCUT2D eigenvalue weighted by atomic mass is 10.1. The molecule has 0 amide bonds. The minimum atomic E-state index is -0.378. The third kappa shape index (κ3) is 3.71. The zero-order chi connectivity index (χ0) is 16.2. The largest absolute Gasteiger partial charge is 0.494 e. The van der Waals surface area contributed by atoms with E-state index in [4.69, 9.17) is 9.15 Å². The van der Waals surface area contributed by atoms with Gasteiger partial charge in [-0.1, -0.05) is 35.5 Å². The number of hydrogen-bond acceptors (Lipinski definition) is 5. The number of rotatable bonds is 5. The van der Waals surface area contributed by atoms with Crippen molar-refractivity contribution in [3.05, 3.63) is 59.4 Å². The fourth-order valence-corrected chi connectivity index (χ4v) is 2.73. The molecule has 0 atom stereocenters. The van der Waals surface area contributed by atoms with Crippen LogP contribution in [-0.4, -0.2) is 17.3 Å². The maximum absolute atomic E-state index is 13.6. The second-order valence-corrected chi connectivity index (χ2v) is 5.92. The molecule has 2 aromatic carbocycles. The van der Waals surface area contributed by atoms with Gasteiger partial charge in [0.05, 0.1) is 7.11 Å². The molecule has 118 valence electrons. The fourth-order valence-electron chi connectivity index (χ4n) is 2.03. The zero-order valence-corrected chi connectivity index (χ0v) is 13.6. The van der Waals surface area contributed by atoms with Crippen LogP contribution in [-0.2, 0) is 5.75 Å². The number of hydrogen-bond donors (Lipinski definition) is 0. The monoisotopic (exact) mass is 330 g/mol. The molecule has 6 heteroatoms. The molecule has 0 unspecified atom stereocenters. The maximum Gasteiger partial charge on any atom is 0.277 e. The Morgan fingerprint density at radius 1 is 1.13 bits per heavy atom. The molecule has 0 aliphatic rings. The molecule has 0 saturated heterocycles. The van der Waals surface area contributed by atoms with Crippen LogP contribution in [0.1, 0.15) is 11.1 Å². The van der Waals surface area contributed by atoms with Gasteiger partial charge < -0.3 is 9.15 Å². The number of nitrogens with zero attached hydrogens (tertiary/aromatic N) is 2. The Hall–Kier alpha value is -2.34. The summed E-state index contributed by atoms with van der Waals surface area (Å²) in [6.45, 7) is 2.02. The molecular formula is C17H15FN2O2S. The Balaban J connectivity index is 1.67. The van der Waals surface area contributed by atoms with Crippen molar-refractivity contribution >= 4 is 11.8 Å². The molecule has 0 aliphatic heterocycles. The first kappa shape index (κ1) is 15.6. The summed E-state index contributed by atoms with van der Waals surface area (Å²) in [6.07, 6.45) is 0. The second kappa shape index (κ2) is 6.83. The van der Waals surface area contributed by atoms with Gasteiger partial charge in [0.1, 0.15) is 0 Å². The van der Waals surface area contributed by atoms with E-state index in [1.807, 2.05) is 37.3 Å². The second-order valence-electron chi connectivity index (χ2n) is 5.00. The van der Waals surface area contributed by atoms with Crippen molar-refractivity contribution in [1.29, 1.82) is 0 Å². The summed E-state index contributed by atoms with van der Waals surface area (Å²) in [5.74, 6) is 0.874. The van der Waals surface area contributed by atoms with Crippen LogP contribution in [0.15, 0.2) is 52.1 Å². The number of halogens is 1. The van der Waals surface area contributed by atoms with Gasteiger partial charge in [-0.05, 0) is 36.8 Å². The van der Waals surface area contributed by atoms with E-state index in [0.29, 0.717) is 16.9 Å². The van der Waals surface area contributed by atoms with Gasteiger partial charge in [-0.25, -0.2) is 4.39 Å². The Kier molecular flexibility index (Phi) is 4.62. The Morgan fingerprint density at radius 3 is 2.61 bits per heavy atom. The average Bonchev–Trinajstić information content (AvgIpc) is 3.03. The SMILES string of the molecule is COc1ccc(CSc2nnc(-c3ccc(C)cc3)o2)cc1F. The zero-order valence-electron chi connectivity index (χ0n) is 12.7. The normalized spacial score (nSPS) is 10.7. The molecule has 0 radical (unpaired) electrons. The summed E-state index contributed by atoms with van der Waals surface area (Å²) in [4.78, 5) is 0. The highest BCUT2D eigenvalue weighted by atomic mass is 32.2. The standard InChI is InChI=1S/C17H15FN2O2S/c1-11-3-6-13(7-4-11)16-19-20-17(22-16)23-10-12-5-8-15(21-2)14(18)9-12/h3-9H,10H2,1-2H3. The van der Waals surface area contributed by atoms with E-state index < -0.39 is 0 Å². The van der Waals surface area contributed by atoms with E-state index in [2.05, 4.69) is 10.2 Å². The van der Waals surface area contributed by atoms with Crippen LogP contribution >= 0.6 is 11.8 Å². The van der Waals surface area contributed by atoms with Crippen molar-refractivity contribution in [3.63, 3.8) is 0 Å². The van der Waals surface area contributed by atoms with Crippen molar-refractivity contribution in [3.8, 4) is 17.2 Å². The first-order valence-corrected chi connectivity index (χ1v) is 8.00. The summed E-state index contributed by atoms with van der Waals surface area (Å²) in [7, 11) is 1.44. The minimum absolute atomic E-state index is 0.234.